The number of ether oxygens (including phenoxy) is 1. The van der Waals surface area contributed by atoms with E-state index in [2.05, 4.69) is 0 Å². The molecule has 0 aliphatic carbocycles. The van der Waals surface area contributed by atoms with Crippen LogP contribution < -0.4 is 0 Å². The van der Waals surface area contributed by atoms with Gasteiger partial charge in [-0.25, -0.2) is 8.42 Å². The zero-order valence-corrected chi connectivity index (χ0v) is 11.3. The third kappa shape index (κ3) is 2.64. The minimum atomic E-state index is -3.83. The second-order valence-corrected chi connectivity index (χ2v) is 6.88. The molecule has 0 bridgehead atoms. The van der Waals surface area contributed by atoms with E-state index in [4.69, 9.17) is 4.74 Å². The molecule has 19 heavy (non-hydrogen) atoms. The first-order chi connectivity index (χ1) is 8.94. The van der Waals surface area contributed by atoms with Gasteiger partial charge in [-0.2, -0.15) is 0 Å². The Hall–Kier alpha value is -1.40. The largest absolute Gasteiger partial charge is 0.480 e. The average molecular weight is 284 g/mol. The molecule has 0 aromatic heterocycles. The quantitative estimate of drug-likeness (QED) is 0.904. The van der Waals surface area contributed by atoms with E-state index in [0.29, 0.717) is 13.0 Å². The number of carbonyl (C=O) groups is 1. The molecule has 1 N–H and O–H groups in total. The highest BCUT2D eigenvalue weighted by atomic mass is 32.2. The summed E-state index contributed by atoms with van der Waals surface area (Å²) in [6.45, 7) is 2.02. The monoisotopic (exact) mass is 284 g/mol. The lowest BCUT2D eigenvalue weighted by atomic mass is 10.1. The summed E-state index contributed by atoms with van der Waals surface area (Å²) in [7, 11) is -3.83. The minimum absolute atomic E-state index is 0.286. The number of rotatable bonds is 4. The van der Waals surface area contributed by atoms with Gasteiger partial charge in [0.05, 0.1) is 11.4 Å². The van der Waals surface area contributed by atoms with Gasteiger partial charge in [-0.15, -0.1) is 0 Å². The topological polar surface area (TPSA) is 80.7 Å². The number of hydrogen-bond donors (Lipinski definition) is 1. The lowest BCUT2D eigenvalue weighted by molar-refractivity contribution is -0.136. The molecule has 2 rings (SSSR count). The van der Waals surface area contributed by atoms with Crippen molar-refractivity contribution < 1.29 is 23.1 Å². The Morgan fingerprint density at radius 2 is 2.00 bits per heavy atom. The Balaban J connectivity index is 2.42. The van der Waals surface area contributed by atoms with Gasteiger partial charge in [0.15, 0.2) is 15.1 Å². The molecule has 1 fully saturated rings. The Kier molecular flexibility index (Phi) is 3.91. The maximum atomic E-state index is 12.5. The van der Waals surface area contributed by atoms with Crippen molar-refractivity contribution in [3.8, 4) is 0 Å². The summed E-state index contributed by atoms with van der Waals surface area (Å²) in [6.07, 6.45) is -0.115. The van der Waals surface area contributed by atoms with E-state index in [1.54, 1.807) is 25.1 Å². The third-order valence-corrected chi connectivity index (χ3v) is 5.98. The van der Waals surface area contributed by atoms with Crippen molar-refractivity contribution in [3.63, 3.8) is 0 Å². The van der Waals surface area contributed by atoms with Crippen molar-refractivity contribution in [1.29, 1.82) is 0 Å². The van der Waals surface area contributed by atoms with Crippen LogP contribution in [0, 0.1) is 0 Å². The molecule has 3 unspecified atom stereocenters. The molecule has 0 spiro atoms. The van der Waals surface area contributed by atoms with Crippen LogP contribution in [0.3, 0.4) is 0 Å². The van der Waals surface area contributed by atoms with Gasteiger partial charge in [-0.1, -0.05) is 30.3 Å². The molecule has 0 radical (unpaired) electrons. The van der Waals surface area contributed by atoms with Gasteiger partial charge in [0.25, 0.3) is 0 Å². The molecule has 1 saturated heterocycles. The first-order valence-electron chi connectivity index (χ1n) is 6.06. The zero-order chi connectivity index (χ0) is 14.0. The van der Waals surface area contributed by atoms with Gasteiger partial charge in [0.2, 0.25) is 0 Å². The zero-order valence-electron chi connectivity index (χ0n) is 10.5. The van der Waals surface area contributed by atoms with Gasteiger partial charge in [0.1, 0.15) is 0 Å². The second kappa shape index (κ2) is 5.30. The molecule has 3 atom stereocenters. The highest BCUT2D eigenvalue weighted by molar-refractivity contribution is 7.93. The molecule has 1 aliphatic rings. The molecule has 1 aromatic rings. The smallest absolute Gasteiger partial charge is 0.326 e. The lowest BCUT2D eigenvalue weighted by Gasteiger charge is -2.20. The lowest BCUT2D eigenvalue weighted by Crippen LogP contribution is -2.35. The molecule has 6 heteroatoms. The number of aliphatic carboxylic acids is 1. The highest BCUT2D eigenvalue weighted by Crippen LogP contribution is 2.32. The predicted molar refractivity (Wildman–Crippen MR) is 69.6 cm³/mol. The van der Waals surface area contributed by atoms with Crippen molar-refractivity contribution in [2.45, 2.75) is 29.9 Å². The maximum Gasteiger partial charge on any atom is 0.326 e. The minimum Gasteiger partial charge on any atom is -0.480 e. The predicted octanol–water partition coefficient (Wildman–Crippen LogP) is 1.40. The molecule has 1 heterocycles. The van der Waals surface area contributed by atoms with Crippen molar-refractivity contribution in [1.82, 2.24) is 0 Å². The molecule has 1 aromatic carbocycles. The van der Waals surface area contributed by atoms with Gasteiger partial charge in [-0.05, 0) is 18.9 Å². The maximum absolute atomic E-state index is 12.5. The number of benzene rings is 1. The van der Waals surface area contributed by atoms with Gasteiger partial charge in [0, 0.05) is 6.61 Å². The first-order valence-corrected chi connectivity index (χ1v) is 7.67. The average Bonchev–Trinajstić information content (AvgIpc) is 2.77. The van der Waals surface area contributed by atoms with Crippen LogP contribution in [-0.4, -0.2) is 37.5 Å². The van der Waals surface area contributed by atoms with Gasteiger partial charge in [-0.3, -0.25) is 4.79 Å². The third-order valence-electron chi connectivity index (χ3n) is 3.38. The Morgan fingerprint density at radius 1 is 1.37 bits per heavy atom. The summed E-state index contributed by atoms with van der Waals surface area (Å²) < 4.78 is 30.3. The van der Waals surface area contributed by atoms with Gasteiger partial charge < -0.3 is 9.84 Å². The van der Waals surface area contributed by atoms with Crippen LogP contribution >= 0.6 is 0 Å². The summed E-state index contributed by atoms with van der Waals surface area (Å²) in [5.74, 6) is -1.34. The van der Waals surface area contributed by atoms with Crippen LogP contribution in [0.2, 0.25) is 0 Å². The van der Waals surface area contributed by atoms with Crippen LogP contribution in [-0.2, 0) is 19.4 Å². The van der Waals surface area contributed by atoms with E-state index in [9.17, 15) is 18.3 Å². The van der Waals surface area contributed by atoms with E-state index in [-0.39, 0.29) is 5.56 Å². The van der Waals surface area contributed by atoms with Gasteiger partial charge >= 0.3 is 5.97 Å². The Morgan fingerprint density at radius 3 is 2.47 bits per heavy atom. The summed E-state index contributed by atoms with van der Waals surface area (Å²) in [4.78, 5) is 11.4. The van der Waals surface area contributed by atoms with E-state index in [1.807, 2.05) is 0 Å². The van der Waals surface area contributed by atoms with Crippen LogP contribution in [0.1, 0.15) is 24.2 Å². The number of hydrogen-bond acceptors (Lipinski definition) is 4. The molecular weight excluding hydrogens is 268 g/mol. The molecule has 0 amide bonds. The summed E-state index contributed by atoms with van der Waals surface area (Å²) in [6, 6.07) is 8.04. The molecular formula is C13H16O5S. The summed E-state index contributed by atoms with van der Waals surface area (Å²) >= 11 is 0. The van der Waals surface area contributed by atoms with Crippen molar-refractivity contribution >= 4 is 15.8 Å². The van der Waals surface area contributed by atoms with E-state index < -0.39 is 32.4 Å². The number of carboxylic acid groups (broad SMARTS) is 1. The Labute approximate surface area is 112 Å². The normalized spacial score (nSPS) is 25.1. The van der Waals surface area contributed by atoms with Crippen molar-refractivity contribution in [2.75, 3.05) is 6.61 Å². The van der Waals surface area contributed by atoms with Crippen LogP contribution in [0.5, 0.6) is 0 Å². The first kappa shape index (κ1) is 14.0. The van der Waals surface area contributed by atoms with Crippen molar-refractivity contribution in [3.05, 3.63) is 35.9 Å². The molecule has 0 saturated carbocycles. The standard InChI is InChI=1S/C13H16O5S/c1-9-11(7-8-18-9)19(16,17)12(13(14)15)10-5-3-2-4-6-10/h2-6,9,11-12H,7-8H2,1H3,(H,14,15). The van der Waals surface area contributed by atoms with Crippen LogP contribution in [0.25, 0.3) is 0 Å². The molecule has 104 valence electrons. The Bertz CT molecular complexity index is 552. The number of carboxylic acids is 1. The molecule has 5 nitrogen and oxygen atoms in total. The van der Waals surface area contributed by atoms with Crippen molar-refractivity contribution in [2.24, 2.45) is 0 Å². The van der Waals surface area contributed by atoms with Crippen LogP contribution in [0.15, 0.2) is 30.3 Å². The SMILES string of the molecule is CC1OCCC1S(=O)(=O)C(C(=O)O)c1ccccc1. The van der Waals surface area contributed by atoms with E-state index in [0.717, 1.165) is 0 Å². The highest BCUT2D eigenvalue weighted by Gasteiger charge is 2.44. The van der Waals surface area contributed by atoms with E-state index in [1.165, 1.54) is 12.1 Å². The summed E-state index contributed by atoms with van der Waals surface area (Å²) in [5, 5.41) is 7.01. The fraction of sp³-hybridized carbons (Fsp3) is 0.462. The summed E-state index contributed by atoms with van der Waals surface area (Å²) in [5.41, 5.74) is 0.286. The fourth-order valence-corrected chi connectivity index (χ4v) is 4.62. The fourth-order valence-electron chi connectivity index (χ4n) is 2.42. The van der Waals surface area contributed by atoms with E-state index >= 15 is 0 Å². The molecule has 1 aliphatic heterocycles. The number of sulfone groups is 1. The second-order valence-electron chi connectivity index (χ2n) is 4.62. The van der Waals surface area contributed by atoms with Crippen LogP contribution in [0.4, 0.5) is 0 Å².